The van der Waals surface area contributed by atoms with Crippen molar-refractivity contribution < 1.29 is 45.4 Å². The van der Waals surface area contributed by atoms with Crippen LogP contribution in [0.1, 0.15) is 57.2 Å². The summed E-state index contributed by atoms with van der Waals surface area (Å²) in [5, 5.41) is 0. The molecule has 0 bridgehead atoms. The Bertz CT molecular complexity index is 401. The summed E-state index contributed by atoms with van der Waals surface area (Å²) < 4.78 is 0. The van der Waals surface area contributed by atoms with Crippen LogP contribution in [-0.4, -0.2) is 11.9 Å². The zero-order valence-corrected chi connectivity index (χ0v) is 14.4. The molecule has 0 unspecified atom stereocenters. The van der Waals surface area contributed by atoms with Crippen molar-refractivity contribution in [3.63, 3.8) is 0 Å². The first-order chi connectivity index (χ1) is 9.24. The minimum absolute atomic E-state index is 0. The molecule has 0 heterocycles. The molecule has 1 N–H and O–H groups in total. The van der Waals surface area contributed by atoms with Gasteiger partial charge in [0.15, 0.2) is 0 Å². The van der Waals surface area contributed by atoms with E-state index in [0.29, 0.717) is 12.0 Å². The number of amides is 1. The minimum atomic E-state index is -0.403. The number of hydroxylamine groups is 1. The fourth-order valence-electron chi connectivity index (χ4n) is 1.68. The van der Waals surface area contributed by atoms with Crippen LogP contribution in [0.25, 0.3) is 0 Å². The summed E-state index contributed by atoms with van der Waals surface area (Å²) >= 11 is 0. The summed E-state index contributed by atoms with van der Waals surface area (Å²) in [6, 6.07) is 8.65. The van der Waals surface area contributed by atoms with Gasteiger partial charge in [-0.3, -0.25) is 4.79 Å². The second-order valence-electron chi connectivity index (χ2n) is 4.44. The second-order valence-corrected chi connectivity index (χ2v) is 4.44. The second kappa shape index (κ2) is 11.9. The van der Waals surface area contributed by atoms with Gasteiger partial charge in [0.1, 0.15) is 0 Å². The molecule has 0 fully saturated rings. The number of benzene rings is 1. The molecule has 0 spiro atoms. The van der Waals surface area contributed by atoms with Crippen LogP contribution in [0.2, 0.25) is 0 Å². The monoisotopic (exact) mass is 287 g/mol. The molecular weight excluding hydrogens is 265 g/mol. The smallest absolute Gasteiger partial charge is 1.00 e. The van der Waals surface area contributed by atoms with Crippen molar-refractivity contribution in [3.8, 4) is 0 Å². The summed E-state index contributed by atoms with van der Waals surface area (Å²) in [5.74, 6) is -0.791. The van der Waals surface area contributed by atoms with Gasteiger partial charge >= 0.3 is 35.5 Å². The molecule has 0 aliphatic heterocycles. The molecule has 0 aliphatic carbocycles. The Labute approximate surface area is 144 Å². The van der Waals surface area contributed by atoms with E-state index in [1.54, 1.807) is 24.3 Å². The first kappa shape index (κ1) is 19.2. The Morgan fingerprint density at radius 2 is 1.75 bits per heavy atom. The van der Waals surface area contributed by atoms with Gasteiger partial charge in [-0.05, 0) is 18.6 Å². The van der Waals surface area contributed by atoms with Gasteiger partial charge < -0.3 is 6.26 Å². The third-order valence-corrected chi connectivity index (χ3v) is 2.78. The third-order valence-electron chi connectivity index (χ3n) is 2.78. The Balaban J connectivity index is 0. The first-order valence-electron chi connectivity index (χ1n) is 6.79. The van der Waals surface area contributed by atoms with Crippen molar-refractivity contribution in [3.05, 3.63) is 35.9 Å². The van der Waals surface area contributed by atoms with Gasteiger partial charge in [-0.2, -0.15) is 5.48 Å². The number of rotatable bonds is 7. The quantitative estimate of drug-likeness (QED) is 0.447. The van der Waals surface area contributed by atoms with Crippen LogP contribution >= 0.6 is 0 Å². The fraction of sp³-hybridized carbons (Fsp3) is 0.467. The van der Waals surface area contributed by atoms with Gasteiger partial charge in [-0.1, -0.05) is 50.8 Å². The maximum atomic E-state index is 11.6. The van der Waals surface area contributed by atoms with Crippen LogP contribution < -0.4 is 35.0 Å². The average Bonchev–Trinajstić information content (AvgIpc) is 2.45. The number of carbonyl (C=O) groups is 2. The van der Waals surface area contributed by atoms with Crippen LogP contribution in [0.15, 0.2) is 30.3 Å². The van der Waals surface area contributed by atoms with Crippen LogP contribution in [0.4, 0.5) is 0 Å². The summed E-state index contributed by atoms with van der Waals surface area (Å²) in [4.78, 5) is 27.7. The normalized spacial score (nSPS) is 9.45. The van der Waals surface area contributed by atoms with Gasteiger partial charge in [-0.15, -0.1) is 0 Å². The summed E-state index contributed by atoms with van der Waals surface area (Å²) in [5.41, 5.74) is 2.63. The van der Waals surface area contributed by atoms with E-state index in [4.69, 9.17) is 4.84 Å². The predicted molar refractivity (Wildman–Crippen MR) is 74.5 cm³/mol. The van der Waals surface area contributed by atoms with Crippen molar-refractivity contribution in [2.45, 2.75) is 45.4 Å². The summed E-state index contributed by atoms with van der Waals surface area (Å²) in [6.07, 6.45) is 5.69. The fourth-order valence-corrected chi connectivity index (χ4v) is 1.68. The van der Waals surface area contributed by atoms with Crippen molar-refractivity contribution in [1.29, 1.82) is 0 Å². The maximum absolute atomic E-state index is 11.6. The number of nitrogens with one attached hydrogen (secondary N) is 1. The van der Waals surface area contributed by atoms with E-state index in [9.17, 15) is 9.59 Å². The van der Waals surface area contributed by atoms with Crippen LogP contribution in [0.5, 0.6) is 0 Å². The average molecular weight is 287 g/mol. The number of carbonyl (C=O) groups excluding carboxylic acids is 2. The molecule has 5 heteroatoms. The van der Waals surface area contributed by atoms with E-state index < -0.39 is 5.91 Å². The molecule has 106 valence electrons. The molecule has 4 nitrogen and oxygen atoms in total. The van der Waals surface area contributed by atoms with Crippen LogP contribution in [-0.2, 0) is 9.63 Å². The molecule has 1 aromatic rings. The maximum Gasteiger partial charge on any atom is 1.00 e. The minimum Gasteiger partial charge on any atom is -1.00 e. The van der Waals surface area contributed by atoms with E-state index >= 15 is 0 Å². The summed E-state index contributed by atoms with van der Waals surface area (Å²) in [6.45, 7) is 2.15. The molecule has 0 saturated carbocycles. The van der Waals surface area contributed by atoms with Gasteiger partial charge in [0.2, 0.25) is 0 Å². The van der Waals surface area contributed by atoms with Crippen molar-refractivity contribution in [2.24, 2.45) is 0 Å². The predicted octanol–water partition coefficient (Wildman–Crippen LogP) is 0.352. The molecule has 1 rings (SSSR count). The molecule has 0 saturated heterocycles. The topological polar surface area (TPSA) is 55.4 Å². The molecule has 0 aromatic heterocycles. The first-order valence-corrected chi connectivity index (χ1v) is 6.79. The zero-order valence-electron chi connectivity index (χ0n) is 13.4. The van der Waals surface area contributed by atoms with E-state index in [1.807, 2.05) is 6.07 Å². The third kappa shape index (κ3) is 8.35. The largest absolute Gasteiger partial charge is 1.00 e. The number of hydrogen-bond acceptors (Lipinski definition) is 3. The van der Waals surface area contributed by atoms with E-state index in [-0.39, 0.29) is 37.0 Å². The van der Waals surface area contributed by atoms with Crippen molar-refractivity contribution in [1.82, 2.24) is 5.48 Å². The number of hydrogen-bond donors (Lipinski definition) is 1. The molecule has 0 aliphatic rings. The number of unbranched alkanes of at least 4 members (excludes halogenated alkanes) is 4. The van der Waals surface area contributed by atoms with Crippen LogP contribution in [0, 0.1) is 0 Å². The standard InChI is InChI=1S/C15H21NO3.Na.H/c1-2-3-4-5-9-12-14(17)19-16-15(18)13-10-7-6-8-11-13;;/h6-8,10-11H,2-5,9,12H2,1H3,(H,16,18);;/q;+1;-1. The van der Waals surface area contributed by atoms with Crippen LogP contribution in [0.3, 0.4) is 0 Å². The zero-order chi connectivity index (χ0) is 13.9. The Morgan fingerprint density at radius 1 is 1.10 bits per heavy atom. The molecule has 20 heavy (non-hydrogen) atoms. The van der Waals surface area contributed by atoms with E-state index in [2.05, 4.69) is 12.4 Å². The van der Waals surface area contributed by atoms with Gasteiger partial charge in [0.05, 0.1) is 0 Å². The molecular formula is C15H22NNaO3. The molecule has 1 amide bonds. The molecule has 0 atom stereocenters. The van der Waals surface area contributed by atoms with Gasteiger partial charge in [-0.25, -0.2) is 4.79 Å². The molecule has 0 radical (unpaired) electrons. The van der Waals surface area contributed by atoms with Crippen molar-refractivity contribution >= 4 is 11.9 Å². The van der Waals surface area contributed by atoms with E-state index in [0.717, 1.165) is 19.3 Å². The SMILES string of the molecule is CCCCCCCC(=O)ONC(=O)c1ccccc1.[H-].[Na+]. The molecule has 1 aromatic carbocycles. The Morgan fingerprint density at radius 3 is 2.40 bits per heavy atom. The Hall–Kier alpha value is -0.840. The van der Waals surface area contributed by atoms with E-state index in [1.165, 1.54) is 12.8 Å². The summed E-state index contributed by atoms with van der Waals surface area (Å²) in [7, 11) is 0. The Kier molecular flexibility index (Phi) is 11.4. The van der Waals surface area contributed by atoms with Gasteiger partial charge in [0.25, 0.3) is 5.91 Å². The van der Waals surface area contributed by atoms with Gasteiger partial charge in [0, 0.05) is 12.0 Å². The van der Waals surface area contributed by atoms with Crippen molar-refractivity contribution in [2.75, 3.05) is 0 Å².